The van der Waals surface area contributed by atoms with Gasteiger partial charge in [-0.25, -0.2) is 9.98 Å². The standard InChI is InChI=1S/C34H32N2/c1-7-11-25-17-21(3)31(22(4)18-25)35-33-28-15-9-13-27-14-10-16-29(30(27)28)34(33)36-32-23(5)19-26(12-8-2)20-24(32)6/h7-10,13-20H,1-2,11-12H2,3-6H3/b35-33+,36-34+. The van der Waals surface area contributed by atoms with Gasteiger partial charge < -0.3 is 0 Å². The summed E-state index contributed by atoms with van der Waals surface area (Å²) in [6.45, 7) is 16.4. The SMILES string of the molecule is C=CCc1cc(C)c(/N=C2/C(=N/c3c(C)cc(CC=C)cc3C)c3cccc4cccc2c34)c(C)c1. The number of aryl methyl sites for hydroxylation is 4. The van der Waals surface area contributed by atoms with Crippen molar-refractivity contribution in [2.24, 2.45) is 9.98 Å². The van der Waals surface area contributed by atoms with Crippen molar-refractivity contribution >= 4 is 33.6 Å². The Bertz CT molecular complexity index is 1440. The minimum absolute atomic E-state index is 0.858. The molecule has 0 aliphatic heterocycles. The minimum atomic E-state index is 0.858. The molecule has 36 heavy (non-hydrogen) atoms. The number of hydrogen-bond donors (Lipinski definition) is 0. The van der Waals surface area contributed by atoms with E-state index in [4.69, 9.17) is 9.98 Å². The van der Waals surface area contributed by atoms with E-state index in [0.717, 1.165) is 46.8 Å². The molecule has 0 saturated carbocycles. The van der Waals surface area contributed by atoms with E-state index < -0.39 is 0 Å². The van der Waals surface area contributed by atoms with Crippen LogP contribution >= 0.6 is 0 Å². The molecule has 0 unspecified atom stereocenters. The van der Waals surface area contributed by atoms with E-state index in [1.54, 1.807) is 0 Å². The Kier molecular flexibility index (Phi) is 6.28. The van der Waals surface area contributed by atoms with Gasteiger partial charge >= 0.3 is 0 Å². The second-order valence-electron chi connectivity index (χ2n) is 9.77. The van der Waals surface area contributed by atoms with E-state index >= 15 is 0 Å². The van der Waals surface area contributed by atoms with Crippen LogP contribution in [0, 0.1) is 27.7 Å². The third-order valence-corrected chi connectivity index (χ3v) is 6.95. The highest BCUT2D eigenvalue weighted by molar-refractivity contribution is 6.61. The third-order valence-electron chi connectivity index (χ3n) is 6.95. The highest BCUT2D eigenvalue weighted by Crippen LogP contribution is 2.37. The second-order valence-corrected chi connectivity index (χ2v) is 9.77. The summed E-state index contributed by atoms with van der Waals surface area (Å²) in [6, 6.07) is 21.8. The average molecular weight is 469 g/mol. The molecule has 4 aromatic carbocycles. The molecule has 1 aliphatic rings. The Balaban J connectivity index is 1.76. The van der Waals surface area contributed by atoms with Crippen LogP contribution in [-0.4, -0.2) is 11.4 Å². The molecule has 0 atom stereocenters. The van der Waals surface area contributed by atoms with Crippen molar-refractivity contribution in [1.29, 1.82) is 0 Å². The van der Waals surface area contributed by atoms with E-state index in [0.29, 0.717) is 0 Å². The molecule has 0 heterocycles. The topological polar surface area (TPSA) is 24.7 Å². The molecular weight excluding hydrogens is 436 g/mol. The van der Waals surface area contributed by atoms with Gasteiger partial charge in [0.15, 0.2) is 0 Å². The number of benzene rings is 4. The molecule has 0 N–H and O–H groups in total. The summed E-state index contributed by atoms with van der Waals surface area (Å²) < 4.78 is 0. The highest BCUT2D eigenvalue weighted by Gasteiger charge is 2.28. The third kappa shape index (κ3) is 4.13. The van der Waals surface area contributed by atoms with Crippen LogP contribution in [0.3, 0.4) is 0 Å². The summed E-state index contributed by atoms with van der Waals surface area (Å²) in [7, 11) is 0. The molecule has 0 aromatic heterocycles. The molecule has 178 valence electrons. The van der Waals surface area contributed by atoms with Gasteiger partial charge in [-0.2, -0.15) is 0 Å². The van der Waals surface area contributed by atoms with Crippen molar-refractivity contribution in [2.45, 2.75) is 40.5 Å². The van der Waals surface area contributed by atoms with Gasteiger partial charge in [-0.1, -0.05) is 72.8 Å². The zero-order chi connectivity index (χ0) is 25.4. The monoisotopic (exact) mass is 468 g/mol. The maximum Gasteiger partial charge on any atom is 0.0979 e. The molecular formula is C34H32N2. The second kappa shape index (κ2) is 9.54. The molecule has 0 saturated heterocycles. The van der Waals surface area contributed by atoms with E-state index in [1.165, 1.54) is 44.2 Å². The number of rotatable bonds is 6. The van der Waals surface area contributed by atoms with Crippen LogP contribution < -0.4 is 0 Å². The fraction of sp³-hybridized carbons (Fsp3) is 0.176. The lowest BCUT2D eigenvalue weighted by Crippen LogP contribution is -2.11. The number of aliphatic imine (C=N–C) groups is 2. The van der Waals surface area contributed by atoms with Gasteiger partial charge in [0.25, 0.3) is 0 Å². The first-order valence-electron chi connectivity index (χ1n) is 12.5. The zero-order valence-electron chi connectivity index (χ0n) is 21.7. The van der Waals surface area contributed by atoms with Gasteiger partial charge in [-0.3, -0.25) is 0 Å². The maximum atomic E-state index is 5.33. The van der Waals surface area contributed by atoms with Crippen LogP contribution in [0.25, 0.3) is 10.8 Å². The molecule has 0 radical (unpaired) electrons. The predicted octanol–water partition coefficient (Wildman–Crippen LogP) is 8.79. The van der Waals surface area contributed by atoms with Crippen molar-refractivity contribution in [3.05, 3.63) is 130 Å². The van der Waals surface area contributed by atoms with Crippen LogP contribution in [-0.2, 0) is 12.8 Å². The van der Waals surface area contributed by atoms with Gasteiger partial charge in [0.05, 0.1) is 22.8 Å². The summed E-state index contributed by atoms with van der Waals surface area (Å²) in [4.78, 5) is 10.7. The van der Waals surface area contributed by atoms with Gasteiger partial charge in [0.1, 0.15) is 0 Å². The first-order valence-corrected chi connectivity index (χ1v) is 12.5. The Labute approximate surface area is 214 Å². The summed E-state index contributed by atoms with van der Waals surface area (Å²) in [6.07, 6.45) is 5.61. The molecule has 2 nitrogen and oxygen atoms in total. The lowest BCUT2D eigenvalue weighted by Gasteiger charge is -2.12. The van der Waals surface area contributed by atoms with Crippen LogP contribution in [0.4, 0.5) is 11.4 Å². The van der Waals surface area contributed by atoms with Crippen molar-refractivity contribution in [1.82, 2.24) is 0 Å². The van der Waals surface area contributed by atoms with E-state index in [2.05, 4.69) is 102 Å². The van der Waals surface area contributed by atoms with Crippen molar-refractivity contribution in [3.63, 3.8) is 0 Å². The Morgan fingerprint density at radius 3 is 1.36 bits per heavy atom. The van der Waals surface area contributed by atoms with Crippen LogP contribution in [0.5, 0.6) is 0 Å². The van der Waals surface area contributed by atoms with Gasteiger partial charge in [0.2, 0.25) is 0 Å². The van der Waals surface area contributed by atoms with Crippen molar-refractivity contribution < 1.29 is 0 Å². The molecule has 1 aliphatic carbocycles. The molecule has 2 heteroatoms. The minimum Gasteiger partial charge on any atom is -0.246 e. The molecule has 0 bridgehead atoms. The van der Waals surface area contributed by atoms with Crippen molar-refractivity contribution in [2.75, 3.05) is 0 Å². The lowest BCUT2D eigenvalue weighted by molar-refractivity contribution is 1.21. The number of hydrogen-bond acceptors (Lipinski definition) is 2. The van der Waals surface area contributed by atoms with E-state index in [9.17, 15) is 0 Å². The summed E-state index contributed by atoms with van der Waals surface area (Å²) >= 11 is 0. The quantitative estimate of drug-likeness (QED) is 0.253. The first-order chi connectivity index (χ1) is 17.4. The Morgan fingerprint density at radius 2 is 1.00 bits per heavy atom. The molecule has 0 fully saturated rings. The largest absolute Gasteiger partial charge is 0.246 e. The maximum absolute atomic E-state index is 5.33. The summed E-state index contributed by atoms with van der Waals surface area (Å²) in [5, 5.41) is 2.45. The number of nitrogens with zero attached hydrogens (tertiary/aromatic N) is 2. The highest BCUT2D eigenvalue weighted by atomic mass is 14.8. The summed E-state index contributed by atoms with van der Waals surface area (Å²) in [5.74, 6) is 0. The molecule has 5 rings (SSSR count). The fourth-order valence-corrected chi connectivity index (χ4v) is 5.45. The van der Waals surface area contributed by atoms with Crippen molar-refractivity contribution in [3.8, 4) is 0 Å². The molecule has 0 amide bonds. The van der Waals surface area contributed by atoms with Gasteiger partial charge in [-0.15, -0.1) is 13.2 Å². The normalized spacial score (nSPS) is 14.7. The zero-order valence-corrected chi connectivity index (χ0v) is 21.7. The smallest absolute Gasteiger partial charge is 0.0979 e. The average Bonchev–Trinajstić information content (AvgIpc) is 3.13. The lowest BCUT2D eigenvalue weighted by atomic mass is 10.0. The van der Waals surface area contributed by atoms with Gasteiger partial charge in [-0.05, 0) is 79.3 Å². The van der Waals surface area contributed by atoms with E-state index in [-0.39, 0.29) is 0 Å². The van der Waals surface area contributed by atoms with Crippen LogP contribution in [0.2, 0.25) is 0 Å². The fourth-order valence-electron chi connectivity index (χ4n) is 5.45. The van der Waals surface area contributed by atoms with E-state index in [1.807, 2.05) is 12.2 Å². The molecule has 0 spiro atoms. The van der Waals surface area contributed by atoms with Crippen LogP contribution in [0.15, 0.2) is 96.0 Å². The first kappa shape index (κ1) is 23.7. The Hall–Kier alpha value is -4.04. The van der Waals surface area contributed by atoms with Gasteiger partial charge in [0, 0.05) is 16.5 Å². The number of allylic oxidation sites excluding steroid dienone is 2. The summed E-state index contributed by atoms with van der Waals surface area (Å²) in [5.41, 5.74) is 13.4. The Morgan fingerprint density at radius 1 is 0.611 bits per heavy atom. The molecule has 4 aromatic rings. The predicted molar refractivity (Wildman–Crippen MR) is 156 cm³/mol. The van der Waals surface area contributed by atoms with Crippen LogP contribution in [0.1, 0.15) is 44.5 Å².